The second-order valence-corrected chi connectivity index (χ2v) is 6.83. The highest BCUT2D eigenvalue weighted by molar-refractivity contribution is 8.17. The van der Waals surface area contributed by atoms with E-state index in [-0.39, 0.29) is 5.69 Å². The molecule has 9 nitrogen and oxygen atoms in total. The van der Waals surface area contributed by atoms with Gasteiger partial charge in [0, 0.05) is 30.5 Å². The van der Waals surface area contributed by atoms with E-state index in [1.54, 1.807) is 30.7 Å². The van der Waals surface area contributed by atoms with E-state index in [2.05, 4.69) is 27.1 Å². The van der Waals surface area contributed by atoms with Gasteiger partial charge in [-0.3, -0.25) is 10.1 Å². The number of nitro benzene ring substituents is 1. The van der Waals surface area contributed by atoms with E-state index in [4.69, 9.17) is 5.73 Å². The summed E-state index contributed by atoms with van der Waals surface area (Å²) in [6, 6.07) is 6.50. The highest BCUT2D eigenvalue weighted by Crippen LogP contribution is 2.43. The number of nitro groups is 1. The van der Waals surface area contributed by atoms with E-state index < -0.39 is 4.92 Å². The van der Waals surface area contributed by atoms with Crippen molar-refractivity contribution >= 4 is 39.8 Å². The summed E-state index contributed by atoms with van der Waals surface area (Å²) in [7, 11) is 1.70. The van der Waals surface area contributed by atoms with E-state index in [9.17, 15) is 10.1 Å². The van der Waals surface area contributed by atoms with Gasteiger partial charge in [-0.05, 0) is 33.7 Å². The lowest BCUT2D eigenvalue weighted by Gasteiger charge is -2.10. The summed E-state index contributed by atoms with van der Waals surface area (Å²) in [5.74, 6) is 0. The quantitative estimate of drug-likeness (QED) is 0.471. The van der Waals surface area contributed by atoms with Gasteiger partial charge in [0.1, 0.15) is 5.04 Å². The molecule has 0 radical (unpaired) electrons. The Morgan fingerprint density at radius 3 is 2.92 bits per heavy atom. The molecular formula is C15H13N7O2S2. The molecule has 1 aliphatic rings. The van der Waals surface area contributed by atoms with Crippen LogP contribution in [0.1, 0.15) is 5.56 Å². The third-order valence-corrected chi connectivity index (χ3v) is 5.24. The zero-order valence-electron chi connectivity index (χ0n) is 13.6. The van der Waals surface area contributed by atoms with Crippen LogP contribution >= 0.6 is 23.5 Å². The van der Waals surface area contributed by atoms with Gasteiger partial charge in [0.25, 0.3) is 5.69 Å². The number of rotatable bonds is 5. The number of aryl methyl sites for hydroxylation is 1. The number of thioether (sulfide) groups is 2. The molecule has 1 aliphatic heterocycles. The minimum Gasteiger partial charge on any atom is -0.393 e. The lowest BCUT2D eigenvalue weighted by atomic mass is 9.99. The van der Waals surface area contributed by atoms with Crippen molar-refractivity contribution in [2.75, 3.05) is 0 Å². The highest BCUT2D eigenvalue weighted by atomic mass is 32.2. The topological polar surface area (TPSA) is 125 Å². The maximum absolute atomic E-state index is 11.4. The monoisotopic (exact) mass is 387 g/mol. The van der Waals surface area contributed by atoms with Crippen LogP contribution in [0, 0.1) is 10.1 Å². The molecule has 0 spiro atoms. The Hall–Kier alpha value is -2.92. The van der Waals surface area contributed by atoms with Gasteiger partial charge in [0.05, 0.1) is 15.5 Å². The number of tetrazole rings is 1. The lowest BCUT2D eigenvalue weighted by molar-refractivity contribution is -0.385. The summed E-state index contributed by atoms with van der Waals surface area (Å²) in [5, 5.41) is 25.9. The number of nitrogens with two attached hydrogens (primary N) is 1. The van der Waals surface area contributed by atoms with Crippen LogP contribution in [-0.4, -0.2) is 30.2 Å². The Morgan fingerprint density at radius 2 is 2.27 bits per heavy atom. The van der Waals surface area contributed by atoms with Crippen LogP contribution in [0.4, 0.5) is 5.69 Å². The van der Waals surface area contributed by atoms with Gasteiger partial charge in [0.15, 0.2) is 0 Å². The van der Waals surface area contributed by atoms with Gasteiger partial charge in [-0.2, -0.15) is 0 Å². The zero-order chi connectivity index (χ0) is 18.7. The van der Waals surface area contributed by atoms with E-state index in [0.717, 1.165) is 11.8 Å². The molecule has 0 fully saturated rings. The molecule has 132 valence electrons. The van der Waals surface area contributed by atoms with Gasteiger partial charge < -0.3 is 5.73 Å². The van der Waals surface area contributed by atoms with Gasteiger partial charge in [-0.15, -0.1) is 5.10 Å². The summed E-state index contributed by atoms with van der Waals surface area (Å²) in [6.07, 6.45) is 1.40. The summed E-state index contributed by atoms with van der Waals surface area (Å²) >= 11 is 2.49. The number of nitrogens with zero attached hydrogens (tertiary/aromatic N) is 6. The van der Waals surface area contributed by atoms with Crippen molar-refractivity contribution in [3.8, 4) is 0 Å². The third kappa shape index (κ3) is 3.39. The van der Waals surface area contributed by atoms with Gasteiger partial charge >= 0.3 is 0 Å². The number of aromatic nitrogens is 4. The molecule has 0 atom stereocenters. The molecule has 3 rings (SSSR count). The number of para-hydroxylation sites is 1. The fraction of sp³-hybridized carbons (Fsp3) is 0.0667. The molecule has 0 amide bonds. The summed E-state index contributed by atoms with van der Waals surface area (Å²) < 4.78 is 1.48. The Labute approximate surface area is 156 Å². The largest absolute Gasteiger partial charge is 0.393 e. The second kappa shape index (κ2) is 7.54. The molecule has 1 aromatic heterocycles. The van der Waals surface area contributed by atoms with Crippen molar-refractivity contribution in [3.63, 3.8) is 0 Å². The number of aliphatic imine (C=N–C) groups is 1. The molecule has 2 heterocycles. The molecular weight excluding hydrogens is 374 g/mol. The van der Waals surface area contributed by atoms with Crippen LogP contribution in [0.15, 0.2) is 63.2 Å². The van der Waals surface area contributed by atoms with Gasteiger partial charge in [-0.25, -0.2) is 9.67 Å². The Morgan fingerprint density at radius 1 is 1.50 bits per heavy atom. The van der Waals surface area contributed by atoms with E-state index in [1.807, 2.05) is 0 Å². The van der Waals surface area contributed by atoms with Gasteiger partial charge in [0.2, 0.25) is 5.16 Å². The number of hydrogen-bond donors (Lipinski definition) is 1. The normalized spacial score (nSPS) is 17.3. The van der Waals surface area contributed by atoms with Crippen molar-refractivity contribution in [3.05, 3.63) is 68.7 Å². The first-order valence-corrected chi connectivity index (χ1v) is 8.92. The molecule has 2 N–H and O–H groups in total. The first-order valence-electron chi connectivity index (χ1n) is 7.23. The Kier molecular flexibility index (Phi) is 5.19. The predicted octanol–water partition coefficient (Wildman–Crippen LogP) is 2.71. The fourth-order valence-electron chi connectivity index (χ4n) is 2.28. The fourth-order valence-corrected chi connectivity index (χ4v) is 4.04. The predicted molar refractivity (Wildman–Crippen MR) is 102 cm³/mol. The van der Waals surface area contributed by atoms with Gasteiger partial charge in [-0.1, -0.05) is 30.5 Å². The standard InChI is InChI=1S/C15H13N7O2S2/c1-3-17-14-12(13(16)26-15-18-19-20-21(15)2)10(8-25-14)9-6-4-5-7-11(9)22(23)24/h3-8H,1,16H2,2H3/b13-12+,17-14+. The number of allylic oxidation sites excluding steroid dienone is 1. The van der Waals surface area contributed by atoms with Crippen LogP contribution < -0.4 is 5.73 Å². The number of benzene rings is 1. The first-order chi connectivity index (χ1) is 12.5. The van der Waals surface area contributed by atoms with Crippen molar-refractivity contribution in [1.82, 2.24) is 20.2 Å². The molecule has 0 saturated carbocycles. The molecule has 2 aromatic rings. The Bertz CT molecular complexity index is 978. The highest BCUT2D eigenvalue weighted by Gasteiger charge is 2.29. The van der Waals surface area contributed by atoms with Crippen molar-refractivity contribution in [2.45, 2.75) is 5.16 Å². The number of hydrogen-bond acceptors (Lipinski definition) is 9. The van der Waals surface area contributed by atoms with Crippen LogP contribution in [0.25, 0.3) is 5.57 Å². The summed E-state index contributed by atoms with van der Waals surface area (Å²) in [5.41, 5.74) is 7.99. The third-order valence-electron chi connectivity index (χ3n) is 3.40. The summed E-state index contributed by atoms with van der Waals surface area (Å²) in [6.45, 7) is 3.61. The van der Waals surface area contributed by atoms with Crippen molar-refractivity contribution in [1.29, 1.82) is 0 Å². The maximum Gasteiger partial charge on any atom is 0.277 e. The lowest BCUT2D eigenvalue weighted by Crippen LogP contribution is -2.07. The molecule has 11 heteroatoms. The average Bonchev–Trinajstić information content (AvgIpc) is 3.22. The minimum atomic E-state index is -0.420. The molecule has 0 unspecified atom stereocenters. The molecule has 1 aromatic carbocycles. The first kappa shape index (κ1) is 17.9. The average molecular weight is 387 g/mol. The molecule has 0 saturated heterocycles. The molecule has 26 heavy (non-hydrogen) atoms. The van der Waals surface area contributed by atoms with Crippen molar-refractivity contribution < 1.29 is 4.92 Å². The molecule has 0 bridgehead atoms. The summed E-state index contributed by atoms with van der Waals surface area (Å²) in [4.78, 5) is 15.2. The van der Waals surface area contributed by atoms with Crippen LogP contribution in [-0.2, 0) is 7.05 Å². The van der Waals surface area contributed by atoms with E-state index >= 15 is 0 Å². The Balaban J connectivity index is 2.12. The van der Waals surface area contributed by atoms with E-state index in [1.165, 1.54) is 28.7 Å². The van der Waals surface area contributed by atoms with Crippen molar-refractivity contribution in [2.24, 2.45) is 17.8 Å². The molecule has 0 aliphatic carbocycles. The smallest absolute Gasteiger partial charge is 0.277 e. The second-order valence-electron chi connectivity index (χ2n) is 4.97. The van der Waals surface area contributed by atoms with Crippen LogP contribution in [0.3, 0.4) is 0 Å². The maximum atomic E-state index is 11.4. The minimum absolute atomic E-state index is 0.00479. The SMILES string of the molecule is C=C/N=C1/SC=C(c2ccccc2[N+](=O)[O-])/C1=C(/N)Sc1nnnn1C. The van der Waals surface area contributed by atoms with E-state index in [0.29, 0.717) is 31.9 Å². The van der Waals surface area contributed by atoms with Crippen LogP contribution in [0.2, 0.25) is 0 Å². The van der Waals surface area contributed by atoms with Crippen LogP contribution in [0.5, 0.6) is 0 Å². The zero-order valence-corrected chi connectivity index (χ0v) is 15.2.